The number of carbonyl (C=O) groups excluding carboxylic acids is 1. The first-order chi connectivity index (χ1) is 11.6. The SMILES string of the molecule is CN1C(=O)CCC[C@H]2CN(CCCOc3ccccc3F)CC[C@H]21. The zero-order valence-electron chi connectivity index (χ0n) is 14.4. The number of carbonyl (C=O) groups is 1. The van der Waals surface area contributed by atoms with Gasteiger partial charge >= 0.3 is 0 Å². The molecule has 5 heteroatoms. The van der Waals surface area contributed by atoms with Gasteiger partial charge in [0.1, 0.15) is 0 Å². The summed E-state index contributed by atoms with van der Waals surface area (Å²) in [4.78, 5) is 16.4. The molecule has 0 N–H and O–H groups in total. The lowest BCUT2D eigenvalue weighted by atomic mass is 9.88. The van der Waals surface area contributed by atoms with E-state index >= 15 is 0 Å². The summed E-state index contributed by atoms with van der Waals surface area (Å²) in [5.74, 6) is 0.918. The summed E-state index contributed by atoms with van der Waals surface area (Å²) in [5, 5.41) is 0. The zero-order chi connectivity index (χ0) is 16.9. The van der Waals surface area contributed by atoms with Crippen LogP contribution in [0.3, 0.4) is 0 Å². The third-order valence-electron chi connectivity index (χ3n) is 5.35. The fraction of sp³-hybridized carbons (Fsp3) is 0.632. The van der Waals surface area contributed by atoms with Gasteiger partial charge < -0.3 is 14.5 Å². The Labute approximate surface area is 143 Å². The predicted octanol–water partition coefficient (Wildman–Crippen LogP) is 2.93. The minimum Gasteiger partial charge on any atom is -0.490 e. The van der Waals surface area contributed by atoms with E-state index in [1.54, 1.807) is 18.2 Å². The highest BCUT2D eigenvalue weighted by atomic mass is 19.1. The average Bonchev–Trinajstić information content (AvgIpc) is 2.72. The van der Waals surface area contributed by atoms with E-state index in [-0.39, 0.29) is 5.82 Å². The van der Waals surface area contributed by atoms with E-state index in [2.05, 4.69) is 4.90 Å². The number of benzene rings is 1. The van der Waals surface area contributed by atoms with Crippen LogP contribution in [0.2, 0.25) is 0 Å². The van der Waals surface area contributed by atoms with Crippen LogP contribution in [0.1, 0.15) is 32.1 Å². The summed E-state index contributed by atoms with van der Waals surface area (Å²) in [7, 11) is 1.96. The minimum absolute atomic E-state index is 0.300. The summed E-state index contributed by atoms with van der Waals surface area (Å²) in [6.07, 6.45) is 4.79. The Balaban J connectivity index is 1.43. The van der Waals surface area contributed by atoms with Gasteiger partial charge in [0, 0.05) is 39.1 Å². The molecule has 1 aromatic carbocycles. The van der Waals surface area contributed by atoms with Gasteiger partial charge in [-0.2, -0.15) is 0 Å². The minimum atomic E-state index is -0.301. The maximum atomic E-state index is 13.5. The van der Waals surface area contributed by atoms with Crippen LogP contribution >= 0.6 is 0 Å². The molecule has 4 nitrogen and oxygen atoms in total. The molecule has 0 aromatic heterocycles. The molecular formula is C19H27FN2O2. The zero-order valence-corrected chi connectivity index (χ0v) is 14.4. The van der Waals surface area contributed by atoms with E-state index in [0.717, 1.165) is 45.3 Å². The van der Waals surface area contributed by atoms with Gasteiger partial charge in [0.15, 0.2) is 11.6 Å². The van der Waals surface area contributed by atoms with Crippen LogP contribution in [0.15, 0.2) is 24.3 Å². The molecule has 2 aliphatic rings. The molecule has 2 saturated heterocycles. The molecule has 132 valence electrons. The Kier molecular flexibility index (Phi) is 5.72. The molecule has 24 heavy (non-hydrogen) atoms. The Bertz CT molecular complexity index is 566. The van der Waals surface area contributed by atoms with Crippen molar-refractivity contribution in [1.82, 2.24) is 9.80 Å². The summed E-state index contributed by atoms with van der Waals surface area (Å²) in [6, 6.07) is 6.95. The van der Waals surface area contributed by atoms with Crippen LogP contribution in [0, 0.1) is 11.7 Å². The van der Waals surface area contributed by atoms with Gasteiger partial charge in [0.25, 0.3) is 0 Å². The van der Waals surface area contributed by atoms with E-state index in [1.165, 1.54) is 6.07 Å². The Morgan fingerprint density at radius 1 is 1.29 bits per heavy atom. The molecule has 0 saturated carbocycles. The highest BCUT2D eigenvalue weighted by molar-refractivity contribution is 5.76. The van der Waals surface area contributed by atoms with Crippen LogP contribution in [0.25, 0.3) is 0 Å². The summed E-state index contributed by atoms with van der Waals surface area (Å²) in [6.45, 7) is 3.58. The molecule has 2 atom stereocenters. The van der Waals surface area contributed by atoms with E-state index in [9.17, 15) is 9.18 Å². The van der Waals surface area contributed by atoms with Gasteiger partial charge in [-0.3, -0.25) is 4.79 Å². The molecule has 0 radical (unpaired) electrons. The first-order valence-electron chi connectivity index (χ1n) is 9.00. The summed E-state index contributed by atoms with van der Waals surface area (Å²) in [5.41, 5.74) is 0. The molecule has 1 amide bonds. The Morgan fingerprint density at radius 3 is 2.96 bits per heavy atom. The normalized spacial score (nSPS) is 25.2. The molecule has 0 spiro atoms. The highest BCUT2D eigenvalue weighted by Crippen LogP contribution is 2.29. The second-order valence-electron chi connectivity index (χ2n) is 6.95. The molecule has 0 aliphatic carbocycles. The maximum absolute atomic E-state index is 13.5. The fourth-order valence-electron chi connectivity index (χ4n) is 4.00. The van der Waals surface area contributed by atoms with E-state index in [4.69, 9.17) is 4.74 Å². The van der Waals surface area contributed by atoms with Crippen LogP contribution in [-0.2, 0) is 4.79 Å². The molecule has 1 aromatic rings. The Morgan fingerprint density at radius 2 is 2.12 bits per heavy atom. The quantitative estimate of drug-likeness (QED) is 0.776. The number of halogens is 1. The topological polar surface area (TPSA) is 32.8 Å². The second kappa shape index (κ2) is 7.97. The standard InChI is InChI=1S/C19H27FN2O2/c1-21-17-10-12-22(14-15(17)6-4-9-19(21)23)11-5-13-24-18-8-3-2-7-16(18)20/h2-3,7-8,15,17H,4-6,9-14H2,1H3/t15-,17+/m0/s1. The van der Waals surface area contributed by atoms with Gasteiger partial charge in [-0.25, -0.2) is 4.39 Å². The molecule has 0 bridgehead atoms. The van der Waals surface area contributed by atoms with E-state index in [0.29, 0.717) is 36.6 Å². The van der Waals surface area contributed by atoms with Gasteiger partial charge in [-0.15, -0.1) is 0 Å². The number of fused-ring (bicyclic) bond motifs is 1. The van der Waals surface area contributed by atoms with Gasteiger partial charge in [-0.05, 0) is 43.7 Å². The van der Waals surface area contributed by atoms with Crippen LogP contribution in [0.5, 0.6) is 5.75 Å². The number of hydrogen-bond donors (Lipinski definition) is 0. The van der Waals surface area contributed by atoms with Crippen molar-refractivity contribution >= 4 is 5.91 Å². The number of para-hydroxylation sites is 1. The fourth-order valence-corrected chi connectivity index (χ4v) is 4.00. The number of hydrogen-bond acceptors (Lipinski definition) is 3. The molecule has 2 fully saturated rings. The van der Waals surface area contributed by atoms with Crippen molar-refractivity contribution in [2.45, 2.75) is 38.1 Å². The van der Waals surface area contributed by atoms with Crippen molar-refractivity contribution in [3.05, 3.63) is 30.1 Å². The second-order valence-corrected chi connectivity index (χ2v) is 6.95. The molecule has 2 heterocycles. The number of nitrogens with zero attached hydrogens (tertiary/aromatic N) is 2. The first-order valence-corrected chi connectivity index (χ1v) is 9.00. The Hall–Kier alpha value is -1.62. The van der Waals surface area contributed by atoms with Crippen molar-refractivity contribution in [2.75, 3.05) is 33.3 Å². The van der Waals surface area contributed by atoms with Gasteiger partial charge in [0.2, 0.25) is 5.91 Å². The van der Waals surface area contributed by atoms with Crippen LogP contribution < -0.4 is 4.74 Å². The summed E-state index contributed by atoms with van der Waals surface area (Å²) >= 11 is 0. The lowest BCUT2D eigenvalue weighted by Crippen LogP contribution is -2.50. The van der Waals surface area contributed by atoms with Crippen molar-refractivity contribution in [1.29, 1.82) is 0 Å². The third kappa shape index (κ3) is 4.07. The number of ether oxygens (including phenoxy) is 1. The average molecular weight is 334 g/mol. The first kappa shape index (κ1) is 17.2. The number of likely N-dealkylation sites (tertiary alicyclic amines) is 2. The predicted molar refractivity (Wildman–Crippen MR) is 91.5 cm³/mol. The highest BCUT2D eigenvalue weighted by Gasteiger charge is 2.35. The van der Waals surface area contributed by atoms with Gasteiger partial charge in [0.05, 0.1) is 6.61 Å². The van der Waals surface area contributed by atoms with Crippen molar-refractivity contribution in [2.24, 2.45) is 5.92 Å². The molecule has 2 aliphatic heterocycles. The van der Waals surface area contributed by atoms with Crippen molar-refractivity contribution in [3.63, 3.8) is 0 Å². The lowest BCUT2D eigenvalue weighted by molar-refractivity contribution is -0.132. The summed E-state index contributed by atoms with van der Waals surface area (Å²) < 4.78 is 19.0. The number of rotatable bonds is 5. The number of piperidine rings is 1. The third-order valence-corrected chi connectivity index (χ3v) is 5.35. The van der Waals surface area contributed by atoms with Crippen LogP contribution in [-0.4, -0.2) is 55.0 Å². The van der Waals surface area contributed by atoms with Crippen LogP contribution in [0.4, 0.5) is 4.39 Å². The maximum Gasteiger partial charge on any atom is 0.222 e. The monoisotopic (exact) mass is 334 g/mol. The smallest absolute Gasteiger partial charge is 0.222 e. The number of amides is 1. The van der Waals surface area contributed by atoms with Crippen molar-refractivity contribution in [3.8, 4) is 5.75 Å². The largest absolute Gasteiger partial charge is 0.490 e. The molecular weight excluding hydrogens is 307 g/mol. The van der Waals surface area contributed by atoms with E-state index in [1.807, 2.05) is 11.9 Å². The van der Waals surface area contributed by atoms with E-state index < -0.39 is 0 Å². The van der Waals surface area contributed by atoms with Crippen molar-refractivity contribution < 1.29 is 13.9 Å². The molecule has 3 rings (SSSR count). The van der Waals surface area contributed by atoms with Gasteiger partial charge in [-0.1, -0.05) is 12.1 Å². The molecule has 0 unspecified atom stereocenters. The lowest BCUT2D eigenvalue weighted by Gasteiger charge is -2.41.